The van der Waals surface area contributed by atoms with Crippen molar-refractivity contribution < 1.29 is 5.11 Å². The number of pyridine rings is 1. The fraction of sp³-hybridized carbons (Fsp3) is 0.643. The van der Waals surface area contributed by atoms with E-state index in [1.54, 1.807) is 6.20 Å². The van der Waals surface area contributed by atoms with Crippen LogP contribution in [0.15, 0.2) is 24.5 Å². The second kappa shape index (κ2) is 6.00. The van der Waals surface area contributed by atoms with Gasteiger partial charge in [0.15, 0.2) is 0 Å². The molecule has 0 aliphatic heterocycles. The average Bonchev–Trinajstić information content (AvgIpc) is 2.81. The number of hydrogen-bond donors (Lipinski definition) is 1. The molecule has 1 fully saturated rings. The predicted octanol–water partition coefficient (Wildman–Crippen LogP) is 2.96. The quantitative estimate of drug-likeness (QED) is 0.826. The number of hydrogen-bond acceptors (Lipinski definition) is 2. The zero-order valence-corrected chi connectivity index (χ0v) is 9.81. The number of rotatable bonds is 5. The van der Waals surface area contributed by atoms with Crippen LogP contribution in [0.1, 0.15) is 44.1 Å². The number of aromatic nitrogens is 1. The Morgan fingerprint density at radius 1 is 1.38 bits per heavy atom. The Labute approximate surface area is 97.7 Å². The average molecular weight is 219 g/mol. The molecule has 1 aliphatic carbocycles. The van der Waals surface area contributed by atoms with Crippen molar-refractivity contribution in [1.29, 1.82) is 0 Å². The molecule has 1 atom stereocenters. The molecule has 0 spiro atoms. The van der Waals surface area contributed by atoms with Crippen LogP contribution in [-0.4, -0.2) is 16.2 Å². The van der Waals surface area contributed by atoms with E-state index in [1.165, 1.54) is 32.1 Å². The van der Waals surface area contributed by atoms with Crippen molar-refractivity contribution in [2.24, 2.45) is 5.92 Å². The highest BCUT2D eigenvalue weighted by Crippen LogP contribution is 2.29. The van der Waals surface area contributed by atoms with Gasteiger partial charge in [-0.3, -0.25) is 4.98 Å². The third-order valence-corrected chi connectivity index (χ3v) is 3.58. The molecular formula is C14H21NO. The first kappa shape index (κ1) is 11.6. The van der Waals surface area contributed by atoms with Crippen LogP contribution < -0.4 is 0 Å². The van der Waals surface area contributed by atoms with Gasteiger partial charge in [-0.25, -0.2) is 0 Å². The Balaban J connectivity index is 1.69. The largest absolute Gasteiger partial charge is 0.393 e. The van der Waals surface area contributed by atoms with Crippen molar-refractivity contribution >= 4 is 0 Å². The molecular weight excluding hydrogens is 198 g/mol. The van der Waals surface area contributed by atoms with E-state index < -0.39 is 0 Å². The topological polar surface area (TPSA) is 33.1 Å². The molecule has 16 heavy (non-hydrogen) atoms. The Bertz CT molecular complexity index is 293. The molecule has 0 saturated heterocycles. The summed E-state index contributed by atoms with van der Waals surface area (Å²) >= 11 is 0. The van der Waals surface area contributed by atoms with Gasteiger partial charge in [-0.05, 0) is 36.8 Å². The van der Waals surface area contributed by atoms with E-state index in [0.29, 0.717) is 0 Å². The number of aliphatic hydroxyl groups is 1. The van der Waals surface area contributed by atoms with E-state index in [-0.39, 0.29) is 6.10 Å². The van der Waals surface area contributed by atoms with Gasteiger partial charge in [0.2, 0.25) is 0 Å². The molecule has 0 bridgehead atoms. The highest BCUT2D eigenvalue weighted by molar-refractivity contribution is 5.09. The van der Waals surface area contributed by atoms with E-state index in [4.69, 9.17) is 0 Å². The smallest absolute Gasteiger partial charge is 0.0581 e. The second-order valence-corrected chi connectivity index (χ2v) is 4.95. The summed E-state index contributed by atoms with van der Waals surface area (Å²) in [6, 6.07) is 3.96. The Kier molecular flexibility index (Phi) is 4.34. The van der Waals surface area contributed by atoms with Crippen LogP contribution in [0.3, 0.4) is 0 Å². The van der Waals surface area contributed by atoms with Crippen molar-refractivity contribution in [1.82, 2.24) is 4.98 Å². The van der Waals surface area contributed by atoms with Crippen LogP contribution in [0, 0.1) is 5.92 Å². The first-order chi connectivity index (χ1) is 7.84. The molecule has 1 aliphatic rings. The lowest BCUT2D eigenvalue weighted by atomic mass is 9.97. The third-order valence-electron chi connectivity index (χ3n) is 3.58. The molecule has 2 nitrogen and oxygen atoms in total. The maximum atomic E-state index is 9.94. The van der Waals surface area contributed by atoms with E-state index in [0.717, 1.165) is 24.3 Å². The second-order valence-electron chi connectivity index (χ2n) is 4.95. The molecule has 88 valence electrons. The fourth-order valence-electron chi connectivity index (χ4n) is 2.62. The lowest BCUT2D eigenvalue weighted by Gasteiger charge is -2.13. The summed E-state index contributed by atoms with van der Waals surface area (Å²) in [6.45, 7) is 0. The zero-order chi connectivity index (χ0) is 11.2. The molecule has 1 saturated carbocycles. The van der Waals surface area contributed by atoms with Crippen molar-refractivity contribution in [3.05, 3.63) is 30.1 Å². The Hall–Kier alpha value is -0.890. The van der Waals surface area contributed by atoms with Gasteiger partial charge in [-0.15, -0.1) is 0 Å². The van der Waals surface area contributed by atoms with Crippen LogP contribution in [0.2, 0.25) is 0 Å². The molecule has 1 heterocycles. The summed E-state index contributed by atoms with van der Waals surface area (Å²) in [5, 5.41) is 9.94. The molecule has 0 aromatic carbocycles. The minimum atomic E-state index is -0.190. The summed E-state index contributed by atoms with van der Waals surface area (Å²) in [5.41, 5.74) is 1.14. The lowest BCUT2D eigenvalue weighted by molar-refractivity contribution is 0.154. The van der Waals surface area contributed by atoms with Crippen molar-refractivity contribution in [3.63, 3.8) is 0 Å². The SMILES string of the molecule is OC(CCC1CCCC1)Cc1cccnc1. The van der Waals surface area contributed by atoms with E-state index in [9.17, 15) is 5.11 Å². The minimum Gasteiger partial charge on any atom is -0.393 e. The van der Waals surface area contributed by atoms with Crippen molar-refractivity contribution in [3.8, 4) is 0 Å². The van der Waals surface area contributed by atoms with Gasteiger partial charge >= 0.3 is 0 Å². The lowest BCUT2D eigenvalue weighted by Crippen LogP contribution is -2.12. The Morgan fingerprint density at radius 2 is 2.19 bits per heavy atom. The van der Waals surface area contributed by atoms with Crippen LogP contribution in [-0.2, 0) is 6.42 Å². The molecule has 0 radical (unpaired) electrons. The Morgan fingerprint density at radius 3 is 2.88 bits per heavy atom. The summed E-state index contributed by atoms with van der Waals surface area (Å²) in [4.78, 5) is 4.06. The maximum absolute atomic E-state index is 9.94. The molecule has 1 aromatic rings. The van der Waals surface area contributed by atoms with Gasteiger partial charge < -0.3 is 5.11 Å². The number of nitrogens with zero attached hydrogens (tertiary/aromatic N) is 1. The van der Waals surface area contributed by atoms with E-state index in [2.05, 4.69) is 4.98 Å². The fourth-order valence-corrected chi connectivity index (χ4v) is 2.62. The molecule has 2 rings (SSSR count). The summed E-state index contributed by atoms with van der Waals surface area (Å²) in [7, 11) is 0. The first-order valence-corrected chi connectivity index (χ1v) is 6.41. The van der Waals surface area contributed by atoms with Crippen molar-refractivity contribution in [2.75, 3.05) is 0 Å². The van der Waals surface area contributed by atoms with Gasteiger partial charge in [0.05, 0.1) is 6.10 Å². The highest BCUT2D eigenvalue weighted by Gasteiger charge is 2.16. The van der Waals surface area contributed by atoms with Crippen LogP contribution in [0.25, 0.3) is 0 Å². The monoisotopic (exact) mass is 219 g/mol. The minimum absolute atomic E-state index is 0.190. The standard InChI is InChI=1S/C14H21NO/c16-14(8-7-12-4-1-2-5-12)10-13-6-3-9-15-11-13/h3,6,9,11-12,14,16H,1-2,4-5,7-8,10H2. The van der Waals surface area contributed by atoms with Gasteiger partial charge in [-0.2, -0.15) is 0 Å². The first-order valence-electron chi connectivity index (χ1n) is 6.41. The van der Waals surface area contributed by atoms with Crippen molar-refractivity contribution in [2.45, 2.75) is 51.0 Å². The van der Waals surface area contributed by atoms with E-state index in [1.807, 2.05) is 18.3 Å². The van der Waals surface area contributed by atoms with Crippen LogP contribution in [0.4, 0.5) is 0 Å². The van der Waals surface area contributed by atoms with Crippen LogP contribution >= 0.6 is 0 Å². The summed E-state index contributed by atoms with van der Waals surface area (Å²) < 4.78 is 0. The predicted molar refractivity (Wildman–Crippen MR) is 65.1 cm³/mol. The maximum Gasteiger partial charge on any atom is 0.0581 e. The molecule has 1 unspecified atom stereocenters. The van der Waals surface area contributed by atoms with E-state index >= 15 is 0 Å². The van der Waals surface area contributed by atoms with Gasteiger partial charge in [0.1, 0.15) is 0 Å². The summed E-state index contributed by atoms with van der Waals surface area (Å²) in [5.74, 6) is 0.878. The normalized spacial score (nSPS) is 18.8. The highest BCUT2D eigenvalue weighted by atomic mass is 16.3. The third kappa shape index (κ3) is 3.60. The summed E-state index contributed by atoms with van der Waals surface area (Å²) in [6.07, 6.45) is 11.9. The molecule has 0 amide bonds. The van der Waals surface area contributed by atoms with Gasteiger partial charge in [-0.1, -0.05) is 31.7 Å². The van der Waals surface area contributed by atoms with Crippen LogP contribution in [0.5, 0.6) is 0 Å². The zero-order valence-electron chi connectivity index (χ0n) is 9.81. The van der Waals surface area contributed by atoms with Gasteiger partial charge in [0.25, 0.3) is 0 Å². The molecule has 1 aromatic heterocycles. The van der Waals surface area contributed by atoms with Gasteiger partial charge in [0, 0.05) is 12.4 Å². The number of aliphatic hydroxyl groups excluding tert-OH is 1. The molecule has 2 heteroatoms. The molecule has 1 N–H and O–H groups in total.